The lowest BCUT2D eigenvalue weighted by Crippen LogP contribution is -2.06. The highest BCUT2D eigenvalue weighted by atomic mass is 19.4. The van der Waals surface area contributed by atoms with E-state index in [0.717, 1.165) is 30.3 Å². The fraction of sp³-hybridized carbons (Fsp3) is 0.167. The average Bonchev–Trinajstić information content (AvgIpc) is 2.59. The second-order valence-corrected chi connectivity index (χ2v) is 4.88. The molecule has 0 aliphatic carbocycles. The first kappa shape index (κ1) is 18.4. The van der Waals surface area contributed by atoms with Gasteiger partial charge in [0.2, 0.25) is 0 Å². The maximum absolute atomic E-state index is 12.5. The number of methoxy groups -OCH3 is 2. The van der Waals surface area contributed by atoms with Gasteiger partial charge in [0.15, 0.2) is 0 Å². The third-order valence-corrected chi connectivity index (χ3v) is 3.24. The molecule has 0 aliphatic heterocycles. The Morgan fingerprint density at radius 1 is 0.960 bits per heavy atom. The highest BCUT2D eigenvalue weighted by Crippen LogP contribution is 2.30. The molecule has 4 nitrogen and oxygen atoms in total. The lowest BCUT2D eigenvalue weighted by atomic mass is 10.1. The molecule has 0 bridgehead atoms. The van der Waals surface area contributed by atoms with Crippen LogP contribution in [0, 0.1) is 0 Å². The van der Waals surface area contributed by atoms with Crippen LogP contribution < -0.4 is 14.2 Å². The summed E-state index contributed by atoms with van der Waals surface area (Å²) in [5, 5.41) is 0. The van der Waals surface area contributed by atoms with Gasteiger partial charge in [-0.3, -0.25) is 0 Å². The van der Waals surface area contributed by atoms with Crippen LogP contribution in [0.15, 0.2) is 48.5 Å². The van der Waals surface area contributed by atoms with E-state index >= 15 is 0 Å². The number of ether oxygens (including phenoxy) is 3. The van der Waals surface area contributed by atoms with Gasteiger partial charge in [0, 0.05) is 11.6 Å². The highest BCUT2D eigenvalue weighted by Gasteiger charge is 2.30. The van der Waals surface area contributed by atoms with Gasteiger partial charge < -0.3 is 14.2 Å². The van der Waals surface area contributed by atoms with E-state index in [9.17, 15) is 18.0 Å². The maximum atomic E-state index is 12.5. The van der Waals surface area contributed by atoms with Crippen LogP contribution in [0.4, 0.5) is 13.2 Å². The molecule has 0 aliphatic rings. The monoisotopic (exact) mass is 352 g/mol. The van der Waals surface area contributed by atoms with Crippen molar-refractivity contribution < 1.29 is 32.2 Å². The zero-order valence-electron chi connectivity index (χ0n) is 13.5. The predicted molar refractivity (Wildman–Crippen MR) is 85.7 cm³/mol. The highest BCUT2D eigenvalue weighted by molar-refractivity contribution is 5.89. The van der Waals surface area contributed by atoms with Gasteiger partial charge in [-0.25, -0.2) is 4.79 Å². The van der Waals surface area contributed by atoms with Crippen molar-refractivity contribution in [1.29, 1.82) is 0 Å². The van der Waals surface area contributed by atoms with Gasteiger partial charge in [-0.1, -0.05) is 0 Å². The first-order valence-corrected chi connectivity index (χ1v) is 7.12. The maximum Gasteiger partial charge on any atom is 0.416 e. The molecule has 132 valence electrons. The van der Waals surface area contributed by atoms with E-state index in [0.29, 0.717) is 17.1 Å². The second kappa shape index (κ2) is 7.74. The third-order valence-electron chi connectivity index (χ3n) is 3.24. The van der Waals surface area contributed by atoms with Gasteiger partial charge in [-0.2, -0.15) is 13.2 Å². The molecule has 2 rings (SSSR count). The van der Waals surface area contributed by atoms with Crippen molar-refractivity contribution >= 4 is 12.0 Å². The normalized spacial score (nSPS) is 11.4. The standard InChI is InChI=1S/C18H15F3O4/c1-23-15-8-9-16(24-2)12(11-15)3-10-17(22)25-14-6-4-13(5-7-14)18(19,20)21/h3-11H,1-2H3/b10-3+. The summed E-state index contributed by atoms with van der Waals surface area (Å²) in [5.41, 5.74) is -0.227. The van der Waals surface area contributed by atoms with Crippen LogP contribution in [0.5, 0.6) is 17.2 Å². The Bertz CT molecular complexity index is 765. The summed E-state index contributed by atoms with van der Waals surface area (Å²) < 4.78 is 52.7. The van der Waals surface area contributed by atoms with Crippen LogP contribution in [0.1, 0.15) is 11.1 Å². The van der Waals surface area contributed by atoms with E-state index in [1.165, 1.54) is 20.3 Å². The summed E-state index contributed by atoms with van der Waals surface area (Å²) in [6, 6.07) is 8.91. The van der Waals surface area contributed by atoms with Crippen LogP contribution in [0.3, 0.4) is 0 Å². The summed E-state index contributed by atoms with van der Waals surface area (Å²) >= 11 is 0. The Balaban J connectivity index is 2.08. The molecule has 7 heteroatoms. The van der Waals surface area contributed by atoms with E-state index in [4.69, 9.17) is 14.2 Å². The van der Waals surface area contributed by atoms with Gasteiger partial charge in [-0.05, 0) is 48.5 Å². The van der Waals surface area contributed by atoms with Crippen molar-refractivity contribution in [2.45, 2.75) is 6.18 Å². The Morgan fingerprint density at radius 2 is 1.60 bits per heavy atom. The summed E-state index contributed by atoms with van der Waals surface area (Å²) in [4.78, 5) is 11.8. The van der Waals surface area contributed by atoms with Gasteiger partial charge in [0.1, 0.15) is 17.2 Å². The first-order chi connectivity index (χ1) is 11.8. The third kappa shape index (κ3) is 5.00. The van der Waals surface area contributed by atoms with Crippen LogP contribution in [-0.4, -0.2) is 20.2 Å². The second-order valence-electron chi connectivity index (χ2n) is 4.88. The Kier molecular flexibility index (Phi) is 5.69. The number of alkyl halides is 3. The van der Waals surface area contributed by atoms with Gasteiger partial charge in [0.05, 0.1) is 19.8 Å². The molecule has 0 aromatic heterocycles. The molecule has 2 aromatic rings. The Hall–Kier alpha value is -2.96. The lowest BCUT2D eigenvalue weighted by molar-refractivity contribution is -0.137. The molecular formula is C18H15F3O4. The average molecular weight is 352 g/mol. The van der Waals surface area contributed by atoms with Gasteiger partial charge >= 0.3 is 12.1 Å². The smallest absolute Gasteiger partial charge is 0.416 e. The van der Waals surface area contributed by atoms with Gasteiger partial charge in [0.25, 0.3) is 0 Å². The minimum absolute atomic E-state index is 0.0141. The lowest BCUT2D eigenvalue weighted by Gasteiger charge is -2.08. The number of halogens is 3. The van der Waals surface area contributed by atoms with E-state index in [1.807, 2.05) is 0 Å². The Morgan fingerprint density at radius 3 is 2.16 bits per heavy atom. The molecule has 2 aromatic carbocycles. The molecule has 0 unspecified atom stereocenters. The summed E-state index contributed by atoms with van der Waals surface area (Å²) in [6.45, 7) is 0. The number of hydrogen-bond donors (Lipinski definition) is 0. The number of hydrogen-bond acceptors (Lipinski definition) is 4. The summed E-state index contributed by atoms with van der Waals surface area (Å²) in [7, 11) is 2.99. The molecule has 0 N–H and O–H groups in total. The molecule has 25 heavy (non-hydrogen) atoms. The zero-order chi connectivity index (χ0) is 18.4. The number of carbonyl (C=O) groups is 1. The minimum atomic E-state index is -4.44. The molecule has 0 amide bonds. The molecule has 0 saturated heterocycles. The van der Waals surface area contributed by atoms with Crippen molar-refractivity contribution in [2.24, 2.45) is 0 Å². The number of rotatable bonds is 5. The zero-order valence-corrected chi connectivity index (χ0v) is 13.5. The number of benzene rings is 2. The van der Waals surface area contributed by atoms with Crippen molar-refractivity contribution in [3.05, 3.63) is 59.7 Å². The summed E-state index contributed by atoms with van der Waals surface area (Å²) in [5.74, 6) is 0.390. The largest absolute Gasteiger partial charge is 0.497 e. The molecule has 0 saturated carbocycles. The van der Waals surface area contributed by atoms with Crippen molar-refractivity contribution in [2.75, 3.05) is 14.2 Å². The van der Waals surface area contributed by atoms with Crippen LogP contribution in [-0.2, 0) is 11.0 Å². The fourth-order valence-electron chi connectivity index (χ4n) is 1.99. The summed E-state index contributed by atoms with van der Waals surface area (Å²) in [6.07, 6.45) is -1.83. The van der Waals surface area contributed by atoms with Crippen molar-refractivity contribution in [3.8, 4) is 17.2 Å². The predicted octanol–water partition coefficient (Wildman–Crippen LogP) is 4.34. The molecule has 0 atom stereocenters. The number of esters is 1. The van der Waals surface area contributed by atoms with E-state index in [1.54, 1.807) is 18.2 Å². The molecule has 0 fully saturated rings. The van der Waals surface area contributed by atoms with Crippen molar-refractivity contribution in [1.82, 2.24) is 0 Å². The molecular weight excluding hydrogens is 337 g/mol. The Labute approximate surface area is 142 Å². The topological polar surface area (TPSA) is 44.8 Å². The quantitative estimate of drug-likeness (QED) is 0.456. The molecule has 0 heterocycles. The van der Waals surface area contributed by atoms with Crippen LogP contribution in [0.25, 0.3) is 6.08 Å². The minimum Gasteiger partial charge on any atom is -0.497 e. The number of carbonyl (C=O) groups excluding carboxylic acids is 1. The van der Waals surface area contributed by atoms with Crippen LogP contribution >= 0.6 is 0 Å². The van der Waals surface area contributed by atoms with Crippen molar-refractivity contribution in [3.63, 3.8) is 0 Å². The van der Waals surface area contributed by atoms with E-state index in [2.05, 4.69) is 0 Å². The molecule has 0 radical (unpaired) electrons. The van der Waals surface area contributed by atoms with E-state index in [-0.39, 0.29) is 5.75 Å². The van der Waals surface area contributed by atoms with Crippen LogP contribution in [0.2, 0.25) is 0 Å². The first-order valence-electron chi connectivity index (χ1n) is 7.12. The van der Waals surface area contributed by atoms with E-state index < -0.39 is 17.7 Å². The fourth-order valence-corrected chi connectivity index (χ4v) is 1.99. The van der Waals surface area contributed by atoms with Gasteiger partial charge in [-0.15, -0.1) is 0 Å². The molecule has 0 spiro atoms. The SMILES string of the molecule is COc1ccc(OC)c(/C=C/C(=O)Oc2ccc(C(F)(F)F)cc2)c1.